The molecule has 2 heterocycles. The zero-order valence-electron chi connectivity index (χ0n) is 16.0. The summed E-state index contributed by atoms with van der Waals surface area (Å²) in [6.07, 6.45) is -1.73. The minimum absolute atomic E-state index is 0.0289. The highest BCUT2D eigenvalue weighted by atomic mass is 19.4. The third-order valence-corrected chi connectivity index (χ3v) is 4.57. The van der Waals surface area contributed by atoms with Crippen LogP contribution in [-0.4, -0.2) is 25.4 Å². The average Bonchev–Trinajstić information content (AvgIpc) is 2.76. The summed E-state index contributed by atoms with van der Waals surface area (Å²) in [4.78, 5) is 37.5. The molecule has 1 amide bonds. The van der Waals surface area contributed by atoms with Crippen LogP contribution in [0, 0.1) is 0 Å². The smallest absolute Gasteiger partial charge is 0.317 e. The lowest BCUT2D eigenvalue weighted by molar-refractivity contribution is -0.137. The Morgan fingerprint density at radius 1 is 1.03 bits per heavy atom. The molecule has 0 bridgehead atoms. The van der Waals surface area contributed by atoms with Gasteiger partial charge in [0.15, 0.2) is 0 Å². The second-order valence-electron chi connectivity index (χ2n) is 6.61. The Morgan fingerprint density at radius 3 is 2.45 bits per heavy atom. The van der Waals surface area contributed by atoms with Crippen molar-refractivity contribution in [3.05, 3.63) is 82.7 Å². The van der Waals surface area contributed by atoms with E-state index in [9.17, 15) is 22.8 Å². The molecule has 31 heavy (non-hydrogen) atoms. The van der Waals surface area contributed by atoms with E-state index in [2.05, 4.69) is 20.3 Å². The Bertz CT molecular complexity index is 1350. The number of nitrogens with one attached hydrogen (secondary N) is 1. The van der Waals surface area contributed by atoms with Crippen LogP contribution in [0.1, 0.15) is 16.2 Å². The highest BCUT2D eigenvalue weighted by molar-refractivity contribution is 6.06. The van der Waals surface area contributed by atoms with E-state index in [4.69, 9.17) is 0 Å². The fraction of sp³-hybridized carbons (Fsp3) is 0.0952. The number of fused-ring (bicyclic) bond motifs is 1. The normalized spacial score (nSPS) is 11.5. The summed E-state index contributed by atoms with van der Waals surface area (Å²) in [6.45, 7) is 0. The first-order valence-corrected chi connectivity index (χ1v) is 9.01. The number of amides is 1. The number of para-hydroxylation sites is 1. The molecular formula is C21H14F3N5O2. The Balaban J connectivity index is 1.86. The van der Waals surface area contributed by atoms with Crippen molar-refractivity contribution >= 4 is 22.5 Å². The number of aromatic nitrogens is 4. The number of hydrogen-bond donors (Lipinski definition) is 1. The molecule has 0 radical (unpaired) electrons. The van der Waals surface area contributed by atoms with Gasteiger partial charge in [0.25, 0.3) is 11.5 Å². The Hall–Kier alpha value is -4.08. The van der Waals surface area contributed by atoms with Gasteiger partial charge in [0.1, 0.15) is 11.3 Å². The number of benzene rings is 2. The maximum Gasteiger partial charge on any atom is 0.416 e. The van der Waals surface area contributed by atoms with Crippen molar-refractivity contribution in [3.63, 3.8) is 0 Å². The SMILES string of the molecule is Cn1c(-c2cccc(C(F)(F)F)c2)nc2c(NC(=O)c3ncccn3)cccc2c1=O. The van der Waals surface area contributed by atoms with E-state index in [-0.39, 0.29) is 33.8 Å². The van der Waals surface area contributed by atoms with E-state index in [0.717, 1.165) is 12.1 Å². The molecule has 10 heteroatoms. The fourth-order valence-corrected chi connectivity index (χ4v) is 3.08. The van der Waals surface area contributed by atoms with Gasteiger partial charge >= 0.3 is 6.18 Å². The minimum atomic E-state index is -4.54. The van der Waals surface area contributed by atoms with Gasteiger partial charge in [-0.2, -0.15) is 13.2 Å². The van der Waals surface area contributed by atoms with Gasteiger partial charge in [-0.05, 0) is 30.3 Å². The first kappa shape index (κ1) is 20.2. The summed E-state index contributed by atoms with van der Waals surface area (Å²) in [5.74, 6) is -0.668. The van der Waals surface area contributed by atoms with Gasteiger partial charge in [0, 0.05) is 25.0 Å². The van der Waals surface area contributed by atoms with Crippen molar-refractivity contribution in [2.45, 2.75) is 6.18 Å². The average molecular weight is 425 g/mol. The van der Waals surface area contributed by atoms with Gasteiger partial charge in [-0.1, -0.05) is 18.2 Å². The molecule has 156 valence electrons. The van der Waals surface area contributed by atoms with Crippen LogP contribution in [-0.2, 0) is 13.2 Å². The van der Waals surface area contributed by atoms with Crippen molar-refractivity contribution in [2.24, 2.45) is 7.05 Å². The van der Waals surface area contributed by atoms with Crippen molar-refractivity contribution < 1.29 is 18.0 Å². The second-order valence-corrected chi connectivity index (χ2v) is 6.61. The molecule has 0 unspecified atom stereocenters. The van der Waals surface area contributed by atoms with Crippen LogP contribution < -0.4 is 10.9 Å². The molecule has 0 atom stereocenters. The summed E-state index contributed by atoms with van der Waals surface area (Å²) in [5.41, 5.74) is -0.862. The number of carbonyl (C=O) groups excluding carboxylic acids is 1. The maximum absolute atomic E-state index is 13.1. The van der Waals surface area contributed by atoms with E-state index < -0.39 is 23.2 Å². The Morgan fingerprint density at radius 2 is 1.74 bits per heavy atom. The van der Waals surface area contributed by atoms with Crippen molar-refractivity contribution in [3.8, 4) is 11.4 Å². The lowest BCUT2D eigenvalue weighted by atomic mass is 10.1. The highest BCUT2D eigenvalue weighted by Gasteiger charge is 2.30. The van der Waals surface area contributed by atoms with Crippen LogP contribution in [0.2, 0.25) is 0 Å². The molecule has 0 saturated carbocycles. The first-order valence-electron chi connectivity index (χ1n) is 9.01. The fourth-order valence-electron chi connectivity index (χ4n) is 3.08. The third-order valence-electron chi connectivity index (χ3n) is 4.57. The molecule has 2 aromatic heterocycles. The van der Waals surface area contributed by atoms with Gasteiger partial charge < -0.3 is 5.32 Å². The molecule has 1 N–H and O–H groups in total. The lowest BCUT2D eigenvalue weighted by Gasteiger charge is -2.14. The molecular weight excluding hydrogens is 411 g/mol. The van der Waals surface area contributed by atoms with E-state index in [0.29, 0.717) is 0 Å². The predicted octanol–water partition coefficient (Wildman–Crippen LogP) is 3.66. The van der Waals surface area contributed by atoms with Crippen LogP contribution in [0.5, 0.6) is 0 Å². The topological polar surface area (TPSA) is 89.8 Å². The molecule has 0 aliphatic rings. The van der Waals surface area contributed by atoms with Crippen LogP contribution in [0.15, 0.2) is 65.7 Å². The minimum Gasteiger partial charge on any atom is -0.317 e. The summed E-state index contributed by atoms with van der Waals surface area (Å²) in [7, 11) is 1.42. The molecule has 0 fully saturated rings. The molecule has 2 aromatic carbocycles. The standard InChI is InChI=1S/C21H14F3N5O2/c1-29-18(12-5-2-6-13(11-12)21(22,23)24)28-16-14(20(29)31)7-3-8-15(16)27-19(30)17-25-9-4-10-26-17/h2-11H,1H3,(H,27,30). The molecule has 0 aliphatic carbocycles. The first-order chi connectivity index (χ1) is 14.8. The molecule has 4 rings (SSSR count). The third kappa shape index (κ3) is 3.87. The Labute approximate surface area is 173 Å². The van der Waals surface area contributed by atoms with E-state index in [1.165, 1.54) is 48.3 Å². The monoisotopic (exact) mass is 425 g/mol. The maximum atomic E-state index is 13.1. The summed E-state index contributed by atoms with van der Waals surface area (Å²) >= 11 is 0. The molecule has 0 saturated heterocycles. The number of carbonyl (C=O) groups is 1. The largest absolute Gasteiger partial charge is 0.416 e. The van der Waals surface area contributed by atoms with Crippen LogP contribution in [0.4, 0.5) is 18.9 Å². The van der Waals surface area contributed by atoms with Crippen LogP contribution in [0.3, 0.4) is 0 Å². The highest BCUT2D eigenvalue weighted by Crippen LogP contribution is 2.32. The van der Waals surface area contributed by atoms with Crippen molar-refractivity contribution in [1.82, 2.24) is 19.5 Å². The van der Waals surface area contributed by atoms with Crippen LogP contribution in [0.25, 0.3) is 22.3 Å². The van der Waals surface area contributed by atoms with E-state index in [1.807, 2.05) is 0 Å². The zero-order chi connectivity index (χ0) is 22.2. The molecule has 0 spiro atoms. The van der Waals surface area contributed by atoms with Gasteiger partial charge in [0.2, 0.25) is 5.82 Å². The van der Waals surface area contributed by atoms with Gasteiger partial charge in [0.05, 0.1) is 16.6 Å². The lowest BCUT2D eigenvalue weighted by Crippen LogP contribution is -2.22. The molecule has 4 aromatic rings. The Kier molecular flexibility index (Phi) is 4.97. The number of nitrogens with zero attached hydrogens (tertiary/aromatic N) is 4. The second kappa shape index (κ2) is 7.63. The zero-order valence-corrected chi connectivity index (χ0v) is 16.0. The summed E-state index contributed by atoms with van der Waals surface area (Å²) in [5, 5.41) is 2.81. The number of alkyl halides is 3. The summed E-state index contributed by atoms with van der Waals surface area (Å²) in [6, 6.07) is 10.7. The number of rotatable bonds is 3. The number of hydrogen-bond acceptors (Lipinski definition) is 5. The van der Waals surface area contributed by atoms with Crippen molar-refractivity contribution in [1.29, 1.82) is 0 Å². The molecule has 0 aliphatic heterocycles. The van der Waals surface area contributed by atoms with Gasteiger partial charge in [-0.25, -0.2) is 15.0 Å². The summed E-state index contributed by atoms with van der Waals surface area (Å²) < 4.78 is 40.6. The quantitative estimate of drug-likeness (QED) is 0.541. The van der Waals surface area contributed by atoms with Crippen molar-refractivity contribution in [2.75, 3.05) is 5.32 Å². The predicted molar refractivity (Wildman–Crippen MR) is 107 cm³/mol. The van der Waals surface area contributed by atoms with Gasteiger partial charge in [-0.15, -0.1) is 0 Å². The van der Waals surface area contributed by atoms with E-state index >= 15 is 0 Å². The van der Waals surface area contributed by atoms with Gasteiger partial charge in [-0.3, -0.25) is 14.2 Å². The number of halogens is 3. The van der Waals surface area contributed by atoms with Crippen LogP contribution >= 0.6 is 0 Å². The number of anilines is 1. The van der Waals surface area contributed by atoms with E-state index in [1.54, 1.807) is 12.1 Å². The molecule has 7 nitrogen and oxygen atoms in total.